The Balaban J connectivity index is 1.23. The number of rotatable bonds is 4. The second-order valence-corrected chi connectivity index (χ2v) is 12.0. The Morgan fingerprint density at radius 1 is 0.408 bits per heavy atom. The minimum absolute atomic E-state index is 0.0118. The van der Waals surface area contributed by atoms with Gasteiger partial charge in [0, 0.05) is 27.5 Å². The third-order valence-electron chi connectivity index (χ3n) is 9.20. The predicted octanol–water partition coefficient (Wildman–Crippen LogP) is 11.9. The number of furan rings is 1. The average Bonchev–Trinajstić information content (AvgIpc) is 3.59. The molecule has 49 heavy (non-hydrogen) atoms. The molecule has 0 aliphatic heterocycles. The maximum absolute atomic E-state index is 8.75. The summed E-state index contributed by atoms with van der Waals surface area (Å²) in [5.74, 6) is 0.603. The first kappa shape index (κ1) is 22.8. The monoisotopic (exact) mass is 630 g/mol. The largest absolute Gasteiger partial charge is 0.456 e. The summed E-state index contributed by atoms with van der Waals surface area (Å²) in [6, 6.07) is 42.6. The maximum atomic E-state index is 8.75. The van der Waals surface area contributed by atoms with Gasteiger partial charge in [0.1, 0.15) is 11.2 Å². The van der Waals surface area contributed by atoms with Crippen LogP contribution in [0.1, 0.15) is 6.85 Å². The summed E-state index contributed by atoms with van der Waals surface area (Å²) in [7, 11) is 0. The van der Waals surface area contributed by atoms with Crippen LogP contribution in [0.3, 0.4) is 0 Å². The van der Waals surface area contributed by atoms with E-state index in [-0.39, 0.29) is 23.5 Å². The van der Waals surface area contributed by atoms with E-state index in [9.17, 15) is 0 Å². The number of hydrogen-bond donors (Lipinski definition) is 0. The summed E-state index contributed by atoms with van der Waals surface area (Å²) in [6.45, 7) is 0. The molecule has 0 atom stereocenters. The molecule has 10 rings (SSSR count). The molecule has 0 aliphatic carbocycles. The van der Waals surface area contributed by atoms with Crippen LogP contribution in [0.25, 0.3) is 99.5 Å². The minimum Gasteiger partial charge on any atom is -0.456 e. The van der Waals surface area contributed by atoms with Crippen LogP contribution in [-0.4, -0.2) is 15.0 Å². The highest BCUT2D eigenvalue weighted by atomic mass is 16.3. The fourth-order valence-corrected chi connectivity index (χ4v) is 6.98. The molecule has 2 aromatic heterocycles. The van der Waals surface area contributed by atoms with E-state index in [4.69, 9.17) is 26.2 Å². The van der Waals surface area contributed by atoms with E-state index >= 15 is 0 Å². The standard InChI is InChI=1S/C45H27N3O/c1-2-14-30(15-3-1)43-46-44(48-45(47-43)37-23-11-17-29-13-5-7-19-33(29)37)31-24-25-40-39(26-31)42-36-21-9-8-20-35(36)38(27-41(42)49-40)34-22-10-16-28-12-4-6-18-32(28)34/h1-27H/i1D,2D,3D,14D,15D. The highest BCUT2D eigenvalue weighted by Crippen LogP contribution is 2.42. The van der Waals surface area contributed by atoms with Gasteiger partial charge in [-0.25, -0.2) is 15.0 Å². The fraction of sp³-hybridized carbons (Fsp3) is 0. The van der Waals surface area contributed by atoms with Gasteiger partial charge in [-0.2, -0.15) is 0 Å². The summed E-state index contributed by atoms with van der Waals surface area (Å²) in [5, 5.41) is 8.19. The molecule has 0 amide bonds. The first-order chi connectivity index (χ1) is 26.4. The maximum Gasteiger partial charge on any atom is 0.164 e. The fourth-order valence-electron chi connectivity index (χ4n) is 6.98. The molecule has 2 heterocycles. The second-order valence-electron chi connectivity index (χ2n) is 12.0. The Morgan fingerprint density at radius 2 is 1.00 bits per heavy atom. The number of hydrogen-bond acceptors (Lipinski definition) is 4. The van der Waals surface area contributed by atoms with Crippen LogP contribution in [0.4, 0.5) is 0 Å². The molecule has 4 heteroatoms. The quantitative estimate of drug-likeness (QED) is 0.194. The summed E-state index contributed by atoms with van der Waals surface area (Å²) in [4.78, 5) is 14.6. The van der Waals surface area contributed by atoms with Crippen molar-refractivity contribution in [3.05, 3.63) is 164 Å². The van der Waals surface area contributed by atoms with Crippen LogP contribution in [0.15, 0.2) is 168 Å². The van der Waals surface area contributed by atoms with Crippen LogP contribution >= 0.6 is 0 Å². The van der Waals surface area contributed by atoms with E-state index in [0.29, 0.717) is 22.8 Å². The summed E-state index contributed by atoms with van der Waals surface area (Å²) < 4.78 is 49.0. The number of aromatic nitrogens is 3. The first-order valence-electron chi connectivity index (χ1n) is 18.5. The van der Waals surface area contributed by atoms with Crippen LogP contribution < -0.4 is 0 Å². The molecule has 228 valence electrons. The van der Waals surface area contributed by atoms with Crippen molar-refractivity contribution >= 4 is 54.3 Å². The molecule has 0 radical (unpaired) electrons. The van der Waals surface area contributed by atoms with Crippen LogP contribution in [-0.2, 0) is 0 Å². The van der Waals surface area contributed by atoms with Gasteiger partial charge in [-0.3, -0.25) is 0 Å². The van der Waals surface area contributed by atoms with Gasteiger partial charge >= 0.3 is 0 Å². The van der Waals surface area contributed by atoms with Crippen molar-refractivity contribution in [3.8, 4) is 45.3 Å². The van der Waals surface area contributed by atoms with Crippen LogP contribution in [0.2, 0.25) is 0 Å². The zero-order chi connectivity index (χ0) is 36.7. The van der Waals surface area contributed by atoms with E-state index in [0.717, 1.165) is 65.4 Å². The molecule has 0 fully saturated rings. The Morgan fingerprint density at radius 3 is 1.76 bits per heavy atom. The van der Waals surface area contributed by atoms with Crippen molar-refractivity contribution in [2.24, 2.45) is 0 Å². The Labute approximate surface area is 289 Å². The third-order valence-corrected chi connectivity index (χ3v) is 9.20. The SMILES string of the molecule is [2H]c1c([2H])c([2H])c(-c2nc(-c3ccc4oc5cc(-c6cccc7ccccc67)c6ccccc6c5c4c3)nc(-c3cccc4ccccc34)n2)c([2H])c1[2H]. The molecule has 8 aromatic carbocycles. The van der Waals surface area contributed by atoms with Gasteiger partial charge in [0.25, 0.3) is 0 Å². The normalized spacial score (nSPS) is 13.1. The van der Waals surface area contributed by atoms with Crippen LogP contribution in [0.5, 0.6) is 0 Å². The topological polar surface area (TPSA) is 51.8 Å². The molecule has 0 bridgehead atoms. The van der Waals surface area contributed by atoms with E-state index in [1.54, 1.807) is 0 Å². The van der Waals surface area contributed by atoms with E-state index < -0.39 is 18.1 Å². The zero-order valence-electron chi connectivity index (χ0n) is 31.0. The van der Waals surface area contributed by atoms with Gasteiger partial charge in [0.05, 0.1) is 6.85 Å². The first-order valence-corrected chi connectivity index (χ1v) is 16.0. The van der Waals surface area contributed by atoms with Crippen LogP contribution in [0, 0.1) is 0 Å². The number of nitrogens with zero attached hydrogens (tertiary/aromatic N) is 3. The smallest absolute Gasteiger partial charge is 0.164 e. The summed E-state index contributed by atoms with van der Waals surface area (Å²) >= 11 is 0. The van der Waals surface area contributed by atoms with Gasteiger partial charge < -0.3 is 4.42 Å². The molecular weight excluding hydrogens is 599 g/mol. The van der Waals surface area contributed by atoms with Gasteiger partial charge in [0.2, 0.25) is 0 Å². The Hall–Kier alpha value is -6.65. The minimum atomic E-state index is -0.481. The van der Waals surface area contributed by atoms with E-state index in [1.807, 2.05) is 66.7 Å². The zero-order valence-corrected chi connectivity index (χ0v) is 26.0. The van der Waals surface area contributed by atoms with Crippen molar-refractivity contribution in [3.63, 3.8) is 0 Å². The molecule has 0 aliphatic rings. The lowest BCUT2D eigenvalue weighted by Crippen LogP contribution is -2.00. The van der Waals surface area contributed by atoms with Crippen molar-refractivity contribution in [1.29, 1.82) is 0 Å². The highest BCUT2D eigenvalue weighted by molar-refractivity contribution is 6.23. The van der Waals surface area contributed by atoms with Gasteiger partial charge in [-0.15, -0.1) is 0 Å². The predicted molar refractivity (Wildman–Crippen MR) is 201 cm³/mol. The highest BCUT2D eigenvalue weighted by Gasteiger charge is 2.19. The van der Waals surface area contributed by atoms with Crippen molar-refractivity contribution in [2.75, 3.05) is 0 Å². The molecule has 0 unspecified atom stereocenters. The van der Waals surface area contributed by atoms with E-state index in [2.05, 4.69) is 66.7 Å². The lowest BCUT2D eigenvalue weighted by Gasteiger charge is -2.11. The van der Waals surface area contributed by atoms with Crippen molar-refractivity contribution in [1.82, 2.24) is 15.0 Å². The lowest BCUT2D eigenvalue weighted by atomic mass is 9.92. The molecule has 10 aromatic rings. The summed E-state index contributed by atoms with van der Waals surface area (Å²) in [6.07, 6.45) is 0. The molecule has 0 saturated heterocycles. The Kier molecular flexibility index (Phi) is 5.10. The van der Waals surface area contributed by atoms with E-state index in [1.165, 1.54) is 0 Å². The molecule has 0 spiro atoms. The lowest BCUT2D eigenvalue weighted by molar-refractivity contribution is 0.669. The molecule has 0 N–H and O–H groups in total. The molecular formula is C45H27N3O. The van der Waals surface area contributed by atoms with Gasteiger partial charge in [-0.05, 0) is 67.7 Å². The van der Waals surface area contributed by atoms with Gasteiger partial charge in [0.15, 0.2) is 17.5 Å². The van der Waals surface area contributed by atoms with Crippen molar-refractivity contribution in [2.45, 2.75) is 0 Å². The number of fused-ring (bicyclic) bond motifs is 7. The average molecular weight is 631 g/mol. The second kappa shape index (κ2) is 11.0. The third kappa shape index (κ3) is 4.49. The molecule has 4 nitrogen and oxygen atoms in total. The van der Waals surface area contributed by atoms with Gasteiger partial charge in [-0.1, -0.05) is 139 Å². The number of benzene rings is 8. The molecule has 0 saturated carbocycles. The summed E-state index contributed by atoms with van der Waals surface area (Å²) in [5.41, 5.74) is 4.94. The Bertz CT molecular complexity index is 3150. The van der Waals surface area contributed by atoms with Crippen molar-refractivity contribution < 1.29 is 11.3 Å².